The fourth-order valence-corrected chi connectivity index (χ4v) is 3.29. The highest BCUT2D eigenvalue weighted by Gasteiger charge is 2.17. The minimum Gasteiger partial charge on any atom is -0.493 e. The fraction of sp³-hybridized carbons (Fsp3) is 0.263. The monoisotopic (exact) mass is 406 g/mol. The highest BCUT2D eigenvalue weighted by molar-refractivity contribution is 7.13. The third-order valence-electron chi connectivity index (χ3n) is 3.56. The first-order valence-electron chi connectivity index (χ1n) is 8.28. The van der Waals surface area contributed by atoms with E-state index in [2.05, 4.69) is 10.3 Å². The van der Waals surface area contributed by atoms with Crippen molar-refractivity contribution in [2.75, 3.05) is 7.11 Å². The largest absolute Gasteiger partial charge is 0.493 e. The average Bonchev–Trinajstić information content (AvgIpc) is 3.32. The lowest BCUT2D eigenvalue weighted by molar-refractivity contribution is 0.0950. The molecule has 6 nitrogen and oxygen atoms in total. The van der Waals surface area contributed by atoms with Gasteiger partial charge in [0.1, 0.15) is 6.26 Å². The molecule has 0 unspecified atom stereocenters. The molecule has 3 aromatic rings. The van der Waals surface area contributed by atoms with Crippen molar-refractivity contribution in [3.63, 3.8) is 0 Å². The molecule has 0 radical (unpaired) electrons. The van der Waals surface area contributed by atoms with E-state index in [0.717, 1.165) is 4.88 Å². The van der Waals surface area contributed by atoms with E-state index in [1.54, 1.807) is 12.1 Å². The van der Waals surface area contributed by atoms with E-state index in [0.29, 0.717) is 33.7 Å². The van der Waals surface area contributed by atoms with Crippen LogP contribution in [-0.4, -0.2) is 24.1 Å². The Bertz CT molecular complexity index is 922. The summed E-state index contributed by atoms with van der Waals surface area (Å²) >= 11 is 7.81. The number of nitrogens with one attached hydrogen (secondary N) is 1. The zero-order valence-electron chi connectivity index (χ0n) is 15.1. The van der Waals surface area contributed by atoms with Crippen molar-refractivity contribution in [3.8, 4) is 22.3 Å². The van der Waals surface area contributed by atoms with Gasteiger partial charge in [-0.2, -0.15) is 0 Å². The maximum atomic E-state index is 12.5. The van der Waals surface area contributed by atoms with Crippen molar-refractivity contribution in [2.24, 2.45) is 0 Å². The Morgan fingerprint density at radius 2 is 2.22 bits per heavy atom. The molecule has 27 heavy (non-hydrogen) atoms. The Balaban J connectivity index is 1.70. The molecule has 0 bridgehead atoms. The van der Waals surface area contributed by atoms with Crippen LogP contribution in [0, 0.1) is 0 Å². The number of carbonyl (C=O) groups excluding carboxylic acids is 1. The summed E-state index contributed by atoms with van der Waals surface area (Å²) in [6, 6.07) is 7.00. The van der Waals surface area contributed by atoms with Gasteiger partial charge in [-0.15, -0.1) is 11.3 Å². The summed E-state index contributed by atoms with van der Waals surface area (Å²) in [4.78, 5) is 17.8. The number of methoxy groups -OCH3 is 1. The summed E-state index contributed by atoms with van der Waals surface area (Å²) in [5.74, 6) is 1.06. The smallest absolute Gasteiger partial charge is 0.251 e. The predicted molar refractivity (Wildman–Crippen MR) is 105 cm³/mol. The summed E-state index contributed by atoms with van der Waals surface area (Å²) in [6.07, 6.45) is 1.46. The zero-order valence-corrected chi connectivity index (χ0v) is 16.7. The highest BCUT2D eigenvalue weighted by Crippen LogP contribution is 2.37. The maximum absolute atomic E-state index is 12.5. The lowest BCUT2D eigenvalue weighted by Crippen LogP contribution is -2.23. The summed E-state index contributed by atoms with van der Waals surface area (Å²) in [6.45, 7) is 4.01. The van der Waals surface area contributed by atoms with E-state index in [-0.39, 0.29) is 18.6 Å². The molecule has 0 aliphatic heterocycles. The molecule has 1 N–H and O–H groups in total. The number of benzene rings is 1. The Morgan fingerprint density at radius 1 is 1.41 bits per heavy atom. The number of hydrogen-bond acceptors (Lipinski definition) is 6. The van der Waals surface area contributed by atoms with E-state index in [9.17, 15) is 4.79 Å². The minimum atomic E-state index is -0.299. The lowest BCUT2D eigenvalue weighted by atomic mass is 10.2. The van der Waals surface area contributed by atoms with Crippen LogP contribution < -0.4 is 14.8 Å². The molecule has 1 aromatic carbocycles. The van der Waals surface area contributed by atoms with Crippen molar-refractivity contribution in [1.29, 1.82) is 0 Å². The first kappa shape index (κ1) is 19.3. The van der Waals surface area contributed by atoms with Gasteiger partial charge < -0.3 is 19.2 Å². The van der Waals surface area contributed by atoms with Gasteiger partial charge in [-0.05, 0) is 37.4 Å². The molecular weight excluding hydrogens is 388 g/mol. The number of amides is 1. The average molecular weight is 407 g/mol. The van der Waals surface area contributed by atoms with Crippen molar-refractivity contribution >= 4 is 28.8 Å². The molecule has 0 saturated carbocycles. The SMILES string of the molecule is COc1cc(C(=O)NCc2coc(-c3cccs3)n2)cc(Cl)c1OC(C)C. The third kappa shape index (κ3) is 4.61. The van der Waals surface area contributed by atoms with Gasteiger partial charge in [0.25, 0.3) is 5.91 Å². The number of oxazole rings is 1. The Morgan fingerprint density at radius 3 is 2.89 bits per heavy atom. The van der Waals surface area contributed by atoms with Crippen LogP contribution in [0.1, 0.15) is 29.9 Å². The molecule has 0 fully saturated rings. The summed E-state index contributed by atoms with van der Waals surface area (Å²) in [5.41, 5.74) is 1.000. The molecule has 0 aliphatic carbocycles. The van der Waals surface area contributed by atoms with Crippen LogP contribution in [0.2, 0.25) is 5.02 Å². The second kappa shape index (κ2) is 8.45. The molecule has 2 aromatic heterocycles. The molecule has 0 aliphatic rings. The van der Waals surface area contributed by atoms with Gasteiger partial charge in [-0.25, -0.2) is 4.98 Å². The second-order valence-corrected chi connectivity index (χ2v) is 7.31. The maximum Gasteiger partial charge on any atom is 0.251 e. The van der Waals surface area contributed by atoms with E-state index in [1.165, 1.54) is 24.7 Å². The van der Waals surface area contributed by atoms with Crippen LogP contribution >= 0.6 is 22.9 Å². The van der Waals surface area contributed by atoms with Crippen molar-refractivity contribution in [2.45, 2.75) is 26.5 Å². The molecule has 142 valence electrons. The van der Waals surface area contributed by atoms with Gasteiger partial charge in [0.15, 0.2) is 11.5 Å². The number of hydrogen-bond donors (Lipinski definition) is 1. The number of thiophene rings is 1. The molecule has 3 rings (SSSR count). The quantitative estimate of drug-likeness (QED) is 0.611. The topological polar surface area (TPSA) is 73.6 Å². The van der Waals surface area contributed by atoms with Crippen LogP contribution in [0.25, 0.3) is 10.8 Å². The standard InChI is InChI=1S/C19H19ClN2O4S/c1-11(2)26-17-14(20)7-12(8-15(17)24-3)18(23)21-9-13-10-25-19(22-13)16-5-4-6-27-16/h4-8,10-11H,9H2,1-3H3,(H,21,23). The summed E-state index contributed by atoms with van der Waals surface area (Å²) in [7, 11) is 1.50. The van der Waals surface area contributed by atoms with E-state index in [4.69, 9.17) is 25.5 Å². The number of aromatic nitrogens is 1. The molecule has 0 spiro atoms. The first-order chi connectivity index (χ1) is 13.0. The molecule has 0 atom stereocenters. The summed E-state index contributed by atoms with van der Waals surface area (Å²) in [5, 5.41) is 5.06. The highest BCUT2D eigenvalue weighted by atomic mass is 35.5. The molecule has 1 amide bonds. The van der Waals surface area contributed by atoms with E-state index >= 15 is 0 Å². The van der Waals surface area contributed by atoms with Crippen LogP contribution in [0.15, 0.2) is 40.3 Å². The van der Waals surface area contributed by atoms with Gasteiger partial charge in [0.2, 0.25) is 5.89 Å². The van der Waals surface area contributed by atoms with E-state index < -0.39 is 0 Å². The lowest BCUT2D eigenvalue weighted by Gasteiger charge is -2.16. The number of halogens is 1. The van der Waals surface area contributed by atoms with Gasteiger partial charge in [-0.1, -0.05) is 17.7 Å². The Labute approximate surface area is 166 Å². The Hall–Kier alpha value is -2.51. The molecular formula is C19H19ClN2O4S. The van der Waals surface area contributed by atoms with Crippen LogP contribution in [0.3, 0.4) is 0 Å². The molecule has 0 saturated heterocycles. The van der Waals surface area contributed by atoms with Crippen LogP contribution in [0.5, 0.6) is 11.5 Å². The van der Waals surface area contributed by atoms with Crippen molar-refractivity contribution in [3.05, 3.63) is 52.2 Å². The van der Waals surface area contributed by atoms with Crippen molar-refractivity contribution in [1.82, 2.24) is 10.3 Å². The number of carbonyl (C=O) groups is 1. The fourth-order valence-electron chi connectivity index (χ4n) is 2.38. The second-order valence-electron chi connectivity index (χ2n) is 5.96. The molecule has 8 heteroatoms. The number of rotatable bonds is 7. The number of ether oxygens (including phenoxy) is 2. The first-order valence-corrected chi connectivity index (χ1v) is 9.54. The van der Waals surface area contributed by atoms with Crippen LogP contribution in [-0.2, 0) is 6.54 Å². The van der Waals surface area contributed by atoms with Gasteiger partial charge in [-0.3, -0.25) is 4.79 Å². The minimum absolute atomic E-state index is 0.0687. The van der Waals surface area contributed by atoms with Gasteiger partial charge >= 0.3 is 0 Å². The zero-order chi connectivity index (χ0) is 19.4. The van der Waals surface area contributed by atoms with Gasteiger partial charge in [0, 0.05) is 5.56 Å². The Kier molecular flexibility index (Phi) is 6.03. The van der Waals surface area contributed by atoms with Gasteiger partial charge in [0.05, 0.1) is 35.4 Å². The normalized spacial score (nSPS) is 10.9. The number of nitrogens with zero attached hydrogens (tertiary/aromatic N) is 1. The predicted octanol–water partition coefficient (Wildman–Crippen LogP) is 4.78. The van der Waals surface area contributed by atoms with Crippen molar-refractivity contribution < 1.29 is 18.7 Å². The molecule has 2 heterocycles. The van der Waals surface area contributed by atoms with E-state index in [1.807, 2.05) is 31.4 Å². The van der Waals surface area contributed by atoms with Crippen LogP contribution in [0.4, 0.5) is 0 Å². The third-order valence-corrected chi connectivity index (χ3v) is 4.70. The summed E-state index contributed by atoms with van der Waals surface area (Å²) < 4.78 is 16.4.